The molecular weight excluding hydrogens is 400 g/mol. The van der Waals surface area contributed by atoms with Crippen molar-refractivity contribution in [2.45, 2.75) is 10.9 Å². The van der Waals surface area contributed by atoms with Crippen molar-refractivity contribution in [3.8, 4) is 33.6 Å². The van der Waals surface area contributed by atoms with Crippen molar-refractivity contribution >= 4 is 23.1 Å². The van der Waals surface area contributed by atoms with Gasteiger partial charge in [-0.25, -0.2) is 4.68 Å². The quantitative estimate of drug-likeness (QED) is 0.358. The van der Waals surface area contributed by atoms with E-state index in [0.29, 0.717) is 45.5 Å². The van der Waals surface area contributed by atoms with Crippen molar-refractivity contribution in [1.82, 2.24) is 25.0 Å². The van der Waals surface area contributed by atoms with Gasteiger partial charge in [0.2, 0.25) is 16.9 Å². The number of nitrogens with zero attached hydrogens (tertiary/aromatic N) is 5. The zero-order chi connectivity index (χ0) is 19.5. The maximum atomic E-state index is 6.10. The summed E-state index contributed by atoms with van der Waals surface area (Å²) in [6.07, 6.45) is 0. The first-order valence-electron chi connectivity index (χ1n) is 8.11. The molecule has 3 aromatic heterocycles. The van der Waals surface area contributed by atoms with Gasteiger partial charge in [-0.2, -0.15) is 4.98 Å². The lowest BCUT2D eigenvalue weighted by Gasteiger charge is -2.07. The molecule has 0 bridgehead atoms. The number of methoxy groups -OCH3 is 2. The molecule has 0 atom stereocenters. The van der Waals surface area contributed by atoms with E-state index in [0.717, 1.165) is 4.88 Å². The first-order chi connectivity index (χ1) is 13.7. The van der Waals surface area contributed by atoms with E-state index in [1.54, 1.807) is 31.6 Å². The monoisotopic (exact) mass is 416 g/mol. The molecule has 0 unspecified atom stereocenters. The van der Waals surface area contributed by atoms with Gasteiger partial charge in [-0.3, -0.25) is 0 Å². The van der Waals surface area contributed by atoms with Crippen LogP contribution in [0.3, 0.4) is 0 Å². The van der Waals surface area contributed by atoms with Gasteiger partial charge in [0, 0.05) is 6.07 Å². The van der Waals surface area contributed by atoms with E-state index >= 15 is 0 Å². The SMILES string of the molecule is COc1ccc(-c2noc(CSc3nnc(-c4cccs4)n3N)n2)c(OC)c1. The Morgan fingerprint density at radius 3 is 2.86 bits per heavy atom. The van der Waals surface area contributed by atoms with E-state index in [-0.39, 0.29) is 0 Å². The second-order valence-corrected chi connectivity index (χ2v) is 7.41. The highest BCUT2D eigenvalue weighted by molar-refractivity contribution is 7.98. The van der Waals surface area contributed by atoms with Crippen molar-refractivity contribution in [3.63, 3.8) is 0 Å². The molecule has 9 nitrogen and oxygen atoms in total. The lowest BCUT2D eigenvalue weighted by atomic mass is 10.2. The Labute approximate surface area is 168 Å². The third-order valence-electron chi connectivity index (χ3n) is 3.85. The molecule has 0 aliphatic carbocycles. The van der Waals surface area contributed by atoms with Crippen LogP contribution in [0.2, 0.25) is 0 Å². The molecular formula is C17H16N6O3S2. The zero-order valence-electron chi connectivity index (χ0n) is 15.0. The topological polar surface area (TPSA) is 114 Å². The summed E-state index contributed by atoms with van der Waals surface area (Å²) < 4.78 is 17.4. The first-order valence-corrected chi connectivity index (χ1v) is 9.98. The molecule has 2 N–H and O–H groups in total. The lowest BCUT2D eigenvalue weighted by molar-refractivity contribution is 0.388. The fourth-order valence-electron chi connectivity index (χ4n) is 2.48. The van der Waals surface area contributed by atoms with Gasteiger partial charge in [-0.15, -0.1) is 21.5 Å². The molecule has 0 amide bonds. The Morgan fingerprint density at radius 2 is 2.11 bits per heavy atom. The fourth-order valence-corrected chi connectivity index (χ4v) is 3.88. The van der Waals surface area contributed by atoms with Crippen LogP contribution >= 0.6 is 23.1 Å². The van der Waals surface area contributed by atoms with Gasteiger partial charge in [0.25, 0.3) is 0 Å². The summed E-state index contributed by atoms with van der Waals surface area (Å²) in [4.78, 5) is 5.38. The van der Waals surface area contributed by atoms with Crippen LogP contribution in [-0.4, -0.2) is 39.2 Å². The third kappa shape index (κ3) is 3.53. The molecule has 3 heterocycles. The van der Waals surface area contributed by atoms with Gasteiger partial charge in [0.1, 0.15) is 11.5 Å². The number of hydrogen-bond acceptors (Lipinski definition) is 10. The molecule has 0 aliphatic rings. The van der Waals surface area contributed by atoms with Crippen LogP contribution in [0.25, 0.3) is 22.1 Å². The van der Waals surface area contributed by atoms with Crippen molar-refractivity contribution in [3.05, 3.63) is 41.6 Å². The number of ether oxygens (including phenoxy) is 2. The summed E-state index contributed by atoms with van der Waals surface area (Å²) in [6, 6.07) is 9.28. The smallest absolute Gasteiger partial charge is 0.237 e. The Bertz CT molecular complexity index is 1080. The largest absolute Gasteiger partial charge is 0.497 e. The second kappa shape index (κ2) is 7.90. The van der Waals surface area contributed by atoms with Crippen LogP contribution in [0.5, 0.6) is 11.5 Å². The minimum Gasteiger partial charge on any atom is -0.497 e. The van der Waals surface area contributed by atoms with Gasteiger partial charge in [-0.1, -0.05) is 23.0 Å². The summed E-state index contributed by atoms with van der Waals surface area (Å²) in [6.45, 7) is 0. The van der Waals surface area contributed by atoms with Gasteiger partial charge in [0.05, 0.1) is 30.4 Å². The van der Waals surface area contributed by atoms with E-state index in [9.17, 15) is 0 Å². The van der Waals surface area contributed by atoms with Crippen LogP contribution in [0.15, 0.2) is 45.4 Å². The number of hydrogen-bond donors (Lipinski definition) is 1. The number of aromatic nitrogens is 5. The normalized spacial score (nSPS) is 10.9. The average molecular weight is 416 g/mol. The zero-order valence-corrected chi connectivity index (χ0v) is 16.7. The second-order valence-electron chi connectivity index (χ2n) is 5.52. The highest BCUT2D eigenvalue weighted by atomic mass is 32.2. The van der Waals surface area contributed by atoms with E-state index in [4.69, 9.17) is 19.8 Å². The van der Waals surface area contributed by atoms with E-state index in [1.165, 1.54) is 16.4 Å². The number of nitrogen functional groups attached to an aromatic ring is 1. The molecule has 1 aromatic carbocycles. The number of rotatable bonds is 7. The summed E-state index contributed by atoms with van der Waals surface area (Å²) in [5, 5.41) is 14.8. The number of thiophene rings is 1. The standard InChI is InChI=1S/C17H16N6O3S2/c1-24-10-5-6-11(12(8-10)25-2)15-19-14(26-22-15)9-28-17-21-20-16(23(17)18)13-4-3-7-27-13/h3-8H,9,18H2,1-2H3. The predicted octanol–water partition coefficient (Wildman–Crippen LogP) is 3.08. The molecule has 0 spiro atoms. The van der Waals surface area contributed by atoms with Crippen LogP contribution in [0.1, 0.15) is 5.89 Å². The van der Waals surface area contributed by atoms with Gasteiger partial charge < -0.3 is 19.8 Å². The highest BCUT2D eigenvalue weighted by Crippen LogP contribution is 2.32. The lowest BCUT2D eigenvalue weighted by Crippen LogP contribution is -2.11. The Morgan fingerprint density at radius 1 is 1.21 bits per heavy atom. The summed E-state index contributed by atoms with van der Waals surface area (Å²) in [5.74, 6) is 9.29. The maximum absolute atomic E-state index is 6.10. The van der Waals surface area contributed by atoms with Crippen LogP contribution in [0, 0.1) is 0 Å². The minimum absolute atomic E-state index is 0.408. The molecule has 0 radical (unpaired) electrons. The minimum atomic E-state index is 0.408. The van der Waals surface area contributed by atoms with E-state index < -0.39 is 0 Å². The summed E-state index contributed by atoms with van der Waals surface area (Å²) >= 11 is 2.92. The molecule has 28 heavy (non-hydrogen) atoms. The van der Waals surface area contributed by atoms with Crippen LogP contribution in [0.4, 0.5) is 0 Å². The third-order valence-corrected chi connectivity index (χ3v) is 5.64. The molecule has 0 fully saturated rings. The summed E-state index contributed by atoms with van der Waals surface area (Å²) in [7, 11) is 3.17. The fraction of sp³-hybridized carbons (Fsp3) is 0.176. The Kier molecular flexibility index (Phi) is 5.17. The Balaban J connectivity index is 1.49. The van der Waals surface area contributed by atoms with Gasteiger partial charge >= 0.3 is 0 Å². The van der Waals surface area contributed by atoms with Crippen LogP contribution in [-0.2, 0) is 5.75 Å². The van der Waals surface area contributed by atoms with Crippen molar-refractivity contribution < 1.29 is 14.0 Å². The molecule has 4 aromatic rings. The number of nitrogens with two attached hydrogens (primary N) is 1. The van der Waals surface area contributed by atoms with Crippen molar-refractivity contribution in [2.24, 2.45) is 0 Å². The highest BCUT2D eigenvalue weighted by Gasteiger charge is 2.17. The number of thioether (sulfide) groups is 1. The van der Waals surface area contributed by atoms with Crippen molar-refractivity contribution in [2.75, 3.05) is 20.1 Å². The molecule has 144 valence electrons. The number of benzene rings is 1. The van der Waals surface area contributed by atoms with E-state index in [2.05, 4.69) is 20.3 Å². The van der Waals surface area contributed by atoms with Crippen molar-refractivity contribution in [1.29, 1.82) is 0 Å². The average Bonchev–Trinajstić information content (AvgIpc) is 3.47. The maximum Gasteiger partial charge on any atom is 0.237 e. The van der Waals surface area contributed by atoms with E-state index in [1.807, 2.05) is 29.6 Å². The molecule has 0 aliphatic heterocycles. The van der Waals surface area contributed by atoms with Gasteiger partial charge in [0.15, 0.2) is 5.82 Å². The molecule has 0 saturated carbocycles. The Hall–Kier alpha value is -3.05. The van der Waals surface area contributed by atoms with Gasteiger partial charge in [-0.05, 0) is 23.6 Å². The molecule has 0 saturated heterocycles. The molecule has 11 heteroatoms. The molecule has 4 rings (SSSR count). The summed E-state index contributed by atoms with van der Waals surface area (Å²) in [5.41, 5.74) is 0.713. The van der Waals surface area contributed by atoms with Crippen LogP contribution < -0.4 is 15.3 Å². The predicted molar refractivity (Wildman–Crippen MR) is 106 cm³/mol. The first kappa shape index (κ1) is 18.3.